The third-order valence-electron chi connectivity index (χ3n) is 3.46. The van der Waals surface area contributed by atoms with Gasteiger partial charge in [0.25, 0.3) is 0 Å². The fourth-order valence-electron chi connectivity index (χ4n) is 2.69. The van der Waals surface area contributed by atoms with Crippen LogP contribution in [0.15, 0.2) is 30.3 Å². The predicted octanol–water partition coefficient (Wildman–Crippen LogP) is 1.53. The summed E-state index contributed by atoms with van der Waals surface area (Å²) in [7, 11) is 0. The quantitative estimate of drug-likeness (QED) is 0.687. The van der Waals surface area contributed by atoms with Crippen molar-refractivity contribution in [3.8, 4) is 0 Å². The number of aryl methyl sites for hydroxylation is 2. The topological polar surface area (TPSA) is 0 Å². The molecule has 1 heteroatoms. The van der Waals surface area contributed by atoms with E-state index < -0.39 is 0 Å². The molecule has 0 fully saturated rings. The summed E-state index contributed by atoms with van der Waals surface area (Å²) in [6.45, 7) is 6.78. The summed E-state index contributed by atoms with van der Waals surface area (Å²) >= 11 is 0. The van der Waals surface area contributed by atoms with E-state index >= 15 is 0 Å². The molecule has 0 aliphatic carbocycles. The van der Waals surface area contributed by atoms with Crippen LogP contribution >= 0.6 is 0 Å². The average molecular weight is 219 g/mol. The summed E-state index contributed by atoms with van der Waals surface area (Å²) in [6, 6.07) is 11.1. The van der Waals surface area contributed by atoms with Crippen molar-refractivity contribution in [2.24, 2.45) is 0 Å². The van der Waals surface area contributed by atoms with Gasteiger partial charge in [-0.05, 0) is 46.7 Å². The van der Waals surface area contributed by atoms with E-state index in [9.17, 15) is 0 Å². The molecular formula is C16H20Li+. The number of hydrogen-bond donors (Lipinski definition) is 0. The predicted molar refractivity (Wildman–Crippen MR) is 72.1 cm³/mol. The van der Waals surface area contributed by atoms with E-state index in [1.807, 2.05) is 0 Å². The Morgan fingerprint density at radius 2 is 1.47 bits per heavy atom. The molecule has 0 heterocycles. The molecule has 2 aromatic carbocycles. The molecular weight excluding hydrogens is 199 g/mol. The number of fused-ring (bicyclic) bond motifs is 1. The van der Waals surface area contributed by atoms with Crippen molar-refractivity contribution >= 4 is 10.8 Å². The number of rotatable bonds is 3. The van der Waals surface area contributed by atoms with Crippen LogP contribution in [0.1, 0.15) is 37.5 Å². The van der Waals surface area contributed by atoms with Gasteiger partial charge in [0.1, 0.15) is 0 Å². The standard InChI is InChI=1S/C16H20.Li/c1-4-12-11-13-9-7-8-10-16(13)15(6-3)14(12)5-2;/h7-11H,4-6H2,1-3H3;/q;+1. The summed E-state index contributed by atoms with van der Waals surface area (Å²) < 4.78 is 0. The van der Waals surface area contributed by atoms with Crippen molar-refractivity contribution in [1.82, 2.24) is 0 Å². The molecule has 0 radical (unpaired) electrons. The minimum Gasteiger partial charge on any atom is -0.0616 e. The van der Waals surface area contributed by atoms with Gasteiger partial charge in [0.05, 0.1) is 0 Å². The molecule has 0 unspecified atom stereocenters. The molecule has 0 spiro atoms. The maximum atomic E-state index is 2.37. The van der Waals surface area contributed by atoms with Crippen LogP contribution in [0.3, 0.4) is 0 Å². The van der Waals surface area contributed by atoms with Crippen molar-refractivity contribution in [1.29, 1.82) is 0 Å². The summed E-state index contributed by atoms with van der Waals surface area (Å²) in [6.07, 6.45) is 3.43. The first-order valence-electron chi connectivity index (χ1n) is 6.34. The van der Waals surface area contributed by atoms with Crippen molar-refractivity contribution in [3.05, 3.63) is 47.0 Å². The van der Waals surface area contributed by atoms with Gasteiger partial charge in [0.2, 0.25) is 0 Å². The summed E-state index contributed by atoms with van der Waals surface area (Å²) in [4.78, 5) is 0. The Bertz CT molecular complexity index is 500. The fraction of sp³-hybridized carbons (Fsp3) is 0.375. The second-order valence-electron chi connectivity index (χ2n) is 4.27. The molecule has 2 rings (SSSR count). The second kappa shape index (κ2) is 6.29. The van der Waals surface area contributed by atoms with E-state index in [0.717, 1.165) is 19.3 Å². The number of hydrogen-bond acceptors (Lipinski definition) is 0. The SMILES string of the molecule is CCc1cc2ccccc2c(CC)c1CC.[Li+]. The maximum Gasteiger partial charge on any atom is 1.00 e. The normalized spacial score (nSPS) is 10.3. The molecule has 0 N–H and O–H groups in total. The molecule has 0 nitrogen and oxygen atoms in total. The zero-order valence-electron chi connectivity index (χ0n) is 11.5. The van der Waals surface area contributed by atoms with Gasteiger partial charge in [-0.15, -0.1) is 0 Å². The molecule has 84 valence electrons. The minimum atomic E-state index is 0. The molecule has 0 saturated carbocycles. The Morgan fingerprint density at radius 1 is 0.824 bits per heavy atom. The van der Waals surface area contributed by atoms with Gasteiger partial charge in [-0.3, -0.25) is 0 Å². The van der Waals surface area contributed by atoms with E-state index in [-0.39, 0.29) is 18.9 Å². The Labute approximate surface area is 117 Å². The fourth-order valence-corrected chi connectivity index (χ4v) is 2.69. The molecule has 0 bridgehead atoms. The molecule has 17 heavy (non-hydrogen) atoms. The first-order chi connectivity index (χ1) is 7.81. The van der Waals surface area contributed by atoms with Gasteiger partial charge in [-0.1, -0.05) is 51.1 Å². The van der Waals surface area contributed by atoms with Gasteiger partial charge in [0.15, 0.2) is 0 Å². The molecule has 0 amide bonds. The summed E-state index contributed by atoms with van der Waals surface area (Å²) in [5.74, 6) is 0. The Hall–Kier alpha value is -0.703. The van der Waals surface area contributed by atoms with Crippen LogP contribution in [-0.2, 0) is 19.3 Å². The summed E-state index contributed by atoms with van der Waals surface area (Å²) in [5.41, 5.74) is 4.65. The maximum absolute atomic E-state index is 2.37. The monoisotopic (exact) mass is 219 g/mol. The third kappa shape index (κ3) is 2.59. The van der Waals surface area contributed by atoms with Gasteiger partial charge in [-0.2, -0.15) is 0 Å². The van der Waals surface area contributed by atoms with Crippen LogP contribution in [-0.4, -0.2) is 0 Å². The van der Waals surface area contributed by atoms with E-state index in [0.29, 0.717) is 0 Å². The minimum absolute atomic E-state index is 0. The van der Waals surface area contributed by atoms with Gasteiger partial charge in [0, 0.05) is 0 Å². The van der Waals surface area contributed by atoms with Crippen LogP contribution in [0.5, 0.6) is 0 Å². The third-order valence-corrected chi connectivity index (χ3v) is 3.46. The Kier molecular flexibility index (Phi) is 5.31. The van der Waals surface area contributed by atoms with Crippen LogP contribution in [0, 0.1) is 0 Å². The van der Waals surface area contributed by atoms with Gasteiger partial charge < -0.3 is 0 Å². The Balaban J connectivity index is 0.00000144. The van der Waals surface area contributed by atoms with Crippen molar-refractivity contribution in [3.63, 3.8) is 0 Å². The first-order valence-corrected chi connectivity index (χ1v) is 6.34. The summed E-state index contributed by atoms with van der Waals surface area (Å²) in [5, 5.41) is 2.84. The zero-order valence-corrected chi connectivity index (χ0v) is 11.5. The van der Waals surface area contributed by atoms with E-state index in [1.165, 1.54) is 16.3 Å². The smallest absolute Gasteiger partial charge is 0.0616 e. The van der Waals surface area contributed by atoms with Crippen LogP contribution < -0.4 is 18.9 Å². The molecule has 0 aliphatic heterocycles. The van der Waals surface area contributed by atoms with Crippen LogP contribution in [0.25, 0.3) is 10.8 Å². The van der Waals surface area contributed by atoms with Crippen LogP contribution in [0.2, 0.25) is 0 Å². The Morgan fingerprint density at radius 3 is 2.06 bits per heavy atom. The average Bonchev–Trinajstić information content (AvgIpc) is 2.36. The second-order valence-corrected chi connectivity index (χ2v) is 4.27. The molecule has 0 aliphatic rings. The largest absolute Gasteiger partial charge is 1.00 e. The molecule has 0 atom stereocenters. The van der Waals surface area contributed by atoms with Crippen LogP contribution in [0.4, 0.5) is 0 Å². The first kappa shape index (κ1) is 14.4. The zero-order chi connectivity index (χ0) is 11.5. The van der Waals surface area contributed by atoms with Crippen molar-refractivity contribution in [2.75, 3.05) is 0 Å². The van der Waals surface area contributed by atoms with E-state index in [1.54, 1.807) is 11.1 Å². The number of benzene rings is 2. The molecule has 2 aromatic rings. The van der Waals surface area contributed by atoms with E-state index in [4.69, 9.17) is 0 Å². The molecule has 0 saturated heterocycles. The van der Waals surface area contributed by atoms with Crippen molar-refractivity contribution < 1.29 is 18.9 Å². The molecule has 0 aromatic heterocycles. The van der Waals surface area contributed by atoms with E-state index in [2.05, 4.69) is 51.1 Å². The van der Waals surface area contributed by atoms with Crippen molar-refractivity contribution in [2.45, 2.75) is 40.0 Å². The van der Waals surface area contributed by atoms with Gasteiger partial charge in [-0.25, -0.2) is 0 Å². The van der Waals surface area contributed by atoms with Gasteiger partial charge >= 0.3 is 18.9 Å².